The van der Waals surface area contributed by atoms with Gasteiger partial charge in [0, 0.05) is 31.6 Å². The number of benzene rings is 2. The van der Waals surface area contributed by atoms with Gasteiger partial charge in [0.2, 0.25) is 5.91 Å². The Labute approximate surface area is 227 Å². The predicted molar refractivity (Wildman–Crippen MR) is 145 cm³/mol. The normalized spacial score (nSPS) is 15.3. The minimum atomic E-state index is -1.07. The number of aromatic nitrogens is 3. The highest BCUT2D eigenvalue weighted by Crippen LogP contribution is 2.30. The average Bonchev–Trinajstić information content (AvgIpc) is 3.34. The predicted octanol–water partition coefficient (Wildman–Crippen LogP) is 0.883. The van der Waals surface area contributed by atoms with Crippen LogP contribution in [0, 0.1) is 5.82 Å². The molecule has 3 heterocycles. The summed E-state index contributed by atoms with van der Waals surface area (Å²) in [5.74, 6) is -1.16. The summed E-state index contributed by atoms with van der Waals surface area (Å²) in [7, 11) is 0. The molecular weight excluding hydrogens is 523 g/mol. The molecule has 2 aromatic carbocycles. The number of imidazole rings is 1. The van der Waals surface area contributed by atoms with Crippen molar-refractivity contribution in [2.75, 3.05) is 38.6 Å². The maximum atomic E-state index is 14.4. The highest BCUT2D eigenvalue weighted by Gasteiger charge is 2.22. The Morgan fingerprint density at radius 3 is 2.67 bits per heavy atom. The standard InChI is InChI=1S/C27H29FN6O6/c28-17-2-1-3-19-22(17)24(29)23(27(39)33-19)25-31-18-5-4-14(10-20(18)32-25)26(38)30-13-16(36)11-15(35)12-21(37)34-6-8-40-9-7-34/h1-5,10,15-16,35-36H,6-9,11-13H2,(H,30,38)(H,31,32)(H3,29,33,39)/t15-,16+/m1/s1. The molecule has 0 radical (unpaired) electrons. The van der Waals surface area contributed by atoms with E-state index >= 15 is 0 Å². The monoisotopic (exact) mass is 552 g/mol. The van der Waals surface area contributed by atoms with Crippen molar-refractivity contribution in [3.05, 3.63) is 58.1 Å². The Morgan fingerprint density at radius 1 is 1.12 bits per heavy atom. The van der Waals surface area contributed by atoms with Crippen LogP contribution in [-0.4, -0.2) is 86.9 Å². The molecule has 5 rings (SSSR count). The summed E-state index contributed by atoms with van der Waals surface area (Å²) in [5.41, 5.74) is 6.95. The van der Waals surface area contributed by atoms with Crippen LogP contribution in [0.4, 0.5) is 10.1 Å². The van der Waals surface area contributed by atoms with Crippen molar-refractivity contribution in [2.24, 2.45) is 0 Å². The SMILES string of the molecule is Nc1c(-c2nc3ccc(C(=O)NC[C@@H](O)C[C@@H](O)CC(=O)N4CCOCC4)cc3[nH]2)c(=O)[nH]c2cccc(F)c12. The molecule has 2 amide bonds. The van der Waals surface area contributed by atoms with E-state index in [-0.39, 0.29) is 58.8 Å². The van der Waals surface area contributed by atoms with E-state index in [0.717, 1.165) is 0 Å². The van der Waals surface area contributed by atoms with Gasteiger partial charge in [-0.3, -0.25) is 14.4 Å². The molecule has 7 N–H and O–H groups in total. The molecule has 2 atom stereocenters. The third-order valence-electron chi connectivity index (χ3n) is 6.82. The van der Waals surface area contributed by atoms with Crippen LogP contribution in [0.1, 0.15) is 23.2 Å². The van der Waals surface area contributed by atoms with E-state index in [9.17, 15) is 29.0 Å². The number of hydrogen-bond donors (Lipinski definition) is 6. The molecule has 2 aromatic heterocycles. The van der Waals surface area contributed by atoms with Crippen LogP contribution in [0.3, 0.4) is 0 Å². The lowest BCUT2D eigenvalue weighted by atomic mass is 10.1. The Morgan fingerprint density at radius 2 is 1.90 bits per heavy atom. The van der Waals surface area contributed by atoms with E-state index in [1.165, 1.54) is 24.3 Å². The van der Waals surface area contributed by atoms with E-state index in [0.29, 0.717) is 37.3 Å². The fourth-order valence-electron chi connectivity index (χ4n) is 4.78. The number of ether oxygens (including phenoxy) is 1. The molecule has 12 nitrogen and oxygen atoms in total. The number of pyridine rings is 1. The van der Waals surface area contributed by atoms with E-state index in [4.69, 9.17) is 10.5 Å². The Hall–Kier alpha value is -4.33. The number of nitrogen functional groups attached to an aromatic ring is 1. The van der Waals surface area contributed by atoms with Crippen molar-refractivity contribution in [1.29, 1.82) is 0 Å². The topological polar surface area (TPSA) is 187 Å². The van der Waals surface area contributed by atoms with Crippen LogP contribution in [-0.2, 0) is 9.53 Å². The van der Waals surface area contributed by atoms with Gasteiger partial charge < -0.3 is 40.9 Å². The molecule has 0 spiro atoms. The smallest absolute Gasteiger partial charge is 0.261 e. The van der Waals surface area contributed by atoms with Crippen LogP contribution in [0.25, 0.3) is 33.3 Å². The van der Waals surface area contributed by atoms with E-state index in [1.807, 2.05) is 0 Å². The van der Waals surface area contributed by atoms with Gasteiger partial charge in [0.05, 0.1) is 59.5 Å². The third kappa shape index (κ3) is 5.66. The molecule has 0 aliphatic carbocycles. The number of nitrogens with one attached hydrogen (secondary N) is 3. The first kappa shape index (κ1) is 27.2. The molecule has 1 aliphatic heterocycles. The van der Waals surface area contributed by atoms with Gasteiger partial charge >= 0.3 is 0 Å². The number of aromatic amines is 2. The van der Waals surface area contributed by atoms with Crippen molar-refractivity contribution in [2.45, 2.75) is 25.0 Å². The molecule has 1 aliphatic rings. The van der Waals surface area contributed by atoms with E-state index in [1.54, 1.807) is 17.0 Å². The fourth-order valence-corrected chi connectivity index (χ4v) is 4.78. The van der Waals surface area contributed by atoms with Crippen LogP contribution in [0.15, 0.2) is 41.2 Å². The number of aliphatic hydroxyl groups is 2. The molecule has 13 heteroatoms. The highest BCUT2D eigenvalue weighted by molar-refractivity contribution is 6.00. The molecule has 1 fully saturated rings. The Kier molecular flexibility index (Phi) is 7.78. The molecule has 4 aromatic rings. The number of hydrogen-bond acceptors (Lipinski definition) is 8. The van der Waals surface area contributed by atoms with E-state index < -0.39 is 29.5 Å². The quantitative estimate of drug-likeness (QED) is 0.186. The number of morpholine rings is 1. The number of nitrogens with zero attached hydrogens (tertiary/aromatic N) is 2. The molecule has 40 heavy (non-hydrogen) atoms. The second kappa shape index (κ2) is 11.4. The van der Waals surface area contributed by atoms with Crippen molar-refractivity contribution < 1.29 is 28.9 Å². The summed E-state index contributed by atoms with van der Waals surface area (Å²) < 4.78 is 19.6. The molecular formula is C27H29FN6O6. The first-order chi connectivity index (χ1) is 19.2. The van der Waals surface area contributed by atoms with Gasteiger partial charge in [-0.25, -0.2) is 9.37 Å². The number of amides is 2. The maximum Gasteiger partial charge on any atom is 0.261 e. The number of H-pyrrole nitrogens is 2. The number of anilines is 1. The van der Waals surface area contributed by atoms with Gasteiger partial charge in [-0.2, -0.15) is 0 Å². The van der Waals surface area contributed by atoms with Gasteiger partial charge in [0.15, 0.2) is 0 Å². The molecule has 0 bridgehead atoms. The van der Waals surface area contributed by atoms with Gasteiger partial charge in [0.25, 0.3) is 11.5 Å². The molecule has 1 saturated heterocycles. The zero-order chi connectivity index (χ0) is 28.4. The lowest BCUT2D eigenvalue weighted by molar-refractivity contribution is -0.137. The second-order valence-electron chi connectivity index (χ2n) is 9.67. The highest BCUT2D eigenvalue weighted by atomic mass is 19.1. The number of nitrogens with two attached hydrogens (primary N) is 1. The summed E-state index contributed by atoms with van der Waals surface area (Å²) in [5, 5.41) is 23.2. The maximum absolute atomic E-state index is 14.4. The Balaban J connectivity index is 1.24. The number of aliphatic hydroxyl groups excluding tert-OH is 2. The fraction of sp³-hybridized carbons (Fsp3) is 0.333. The van der Waals surface area contributed by atoms with Crippen molar-refractivity contribution in [3.8, 4) is 11.4 Å². The van der Waals surface area contributed by atoms with E-state index in [2.05, 4.69) is 20.3 Å². The van der Waals surface area contributed by atoms with Crippen molar-refractivity contribution in [1.82, 2.24) is 25.2 Å². The summed E-state index contributed by atoms with van der Waals surface area (Å²) in [6, 6.07) is 8.88. The third-order valence-corrected chi connectivity index (χ3v) is 6.82. The first-order valence-corrected chi connectivity index (χ1v) is 12.8. The van der Waals surface area contributed by atoms with Gasteiger partial charge in [-0.05, 0) is 30.3 Å². The van der Waals surface area contributed by atoms with Gasteiger partial charge in [0.1, 0.15) is 17.2 Å². The average molecular weight is 553 g/mol. The lowest BCUT2D eigenvalue weighted by Crippen LogP contribution is -2.42. The summed E-state index contributed by atoms with van der Waals surface area (Å²) in [4.78, 5) is 49.3. The zero-order valence-electron chi connectivity index (χ0n) is 21.4. The largest absolute Gasteiger partial charge is 0.397 e. The summed E-state index contributed by atoms with van der Waals surface area (Å²) >= 11 is 0. The van der Waals surface area contributed by atoms with Gasteiger partial charge in [-0.1, -0.05) is 6.07 Å². The van der Waals surface area contributed by atoms with Crippen LogP contribution in [0.5, 0.6) is 0 Å². The Bertz CT molecular complexity index is 1630. The number of fused-ring (bicyclic) bond motifs is 2. The lowest BCUT2D eigenvalue weighted by Gasteiger charge is -2.28. The minimum Gasteiger partial charge on any atom is -0.397 e. The number of rotatable bonds is 8. The molecule has 210 valence electrons. The number of carbonyl (C=O) groups is 2. The number of carbonyl (C=O) groups excluding carboxylic acids is 2. The van der Waals surface area contributed by atoms with Crippen molar-refractivity contribution >= 4 is 39.4 Å². The first-order valence-electron chi connectivity index (χ1n) is 12.8. The van der Waals surface area contributed by atoms with Crippen LogP contribution in [0.2, 0.25) is 0 Å². The second-order valence-corrected chi connectivity index (χ2v) is 9.67. The summed E-state index contributed by atoms with van der Waals surface area (Å²) in [6.45, 7) is 1.71. The number of halogens is 1. The van der Waals surface area contributed by atoms with Crippen LogP contribution >= 0.6 is 0 Å². The summed E-state index contributed by atoms with van der Waals surface area (Å²) in [6.07, 6.45) is -2.33. The van der Waals surface area contributed by atoms with Crippen LogP contribution < -0.4 is 16.6 Å². The van der Waals surface area contributed by atoms with Gasteiger partial charge in [-0.15, -0.1) is 0 Å². The zero-order valence-corrected chi connectivity index (χ0v) is 21.4. The molecule has 0 unspecified atom stereocenters. The molecule has 0 saturated carbocycles. The van der Waals surface area contributed by atoms with Crippen molar-refractivity contribution in [3.63, 3.8) is 0 Å². The minimum absolute atomic E-state index is 0.0198.